The van der Waals surface area contributed by atoms with E-state index < -0.39 is 5.82 Å². The summed E-state index contributed by atoms with van der Waals surface area (Å²) in [4.78, 5) is 31.7. The summed E-state index contributed by atoms with van der Waals surface area (Å²) in [6, 6.07) is 7.44. The van der Waals surface area contributed by atoms with Crippen molar-refractivity contribution in [3.05, 3.63) is 65.6 Å². The van der Waals surface area contributed by atoms with E-state index in [1.807, 2.05) is 43.9 Å². The topological polar surface area (TPSA) is 121 Å². The van der Waals surface area contributed by atoms with Crippen molar-refractivity contribution in [3.63, 3.8) is 0 Å². The number of hydrogen-bond acceptors (Lipinski definition) is 8. The van der Waals surface area contributed by atoms with Crippen molar-refractivity contribution in [1.29, 1.82) is 0 Å². The second kappa shape index (κ2) is 9.75. The van der Waals surface area contributed by atoms with Gasteiger partial charge < -0.3 is 15.1 Å². The highest BCUT2D eigenvalue weighted by atomic mass is 19.1. The predicted octanol–water partition coefficient (Wildman–Crippen LogP) is 3.86. The number of nitrogens with zero attached hydrogens (tertiary/aromatic N) is 8. The average Bonchev–Trinajstić information content (AvgIpc) is 3.63. The van der Waals surface area contributed by atoms with E-state index in [1.165, 1.54) is 10.9 Å². The standard InChI is InChI=1S/C27H31FN10O/c1-17-12-22(32-23-13-18(2)34-35-23)33-26(31-17)36-9-6-27(7-10-36)8-11-37(25(27)39)19(3)20-4-5-24(29-14-20)38-16-21(28)15-30-38/h4-5,12-16,19H,6-11H2,1-3H3,(H2,31,32,33,34,35)/t19-/m1/s1. The zero-order valence-corrected chi connectivity index (χ0v) is 22.2. The second-order valence-electron chi connectivity index (χ2n) is 10.5. The molecule has 0 aliphatic carbocycles. The van der Waals surface area contributed by atoms with Crippen LogP contribution in [0.5, 0.6) is 0 Å². The van der Waals surface area contributed by atoms with Crippen LogP contribution in [0.4, 0.5) is 22.0 Å². The number of aryl methyl sites for hydroxylation is 2. The number of piperidine rings is 1. The molecule has 202 valence electrons. The third-order valence-electron chi connectivity index (χ3n) is 7.86. The number of hydrogen-bond donors (Lipinski definition) is 2. The Labute approximate surface area is 225 Å². The Morgan fingerprint density at radius 2 is 1.85 bits per heavy atom. The van der Waals surface area contributed by atoms with E-state index in [1.54, 1.807) is 12.3 Å². The van der Waals surface area contributed by atoms with Crippen LogP contribution in [0.3, 0.4) is 0 Å². The minimum atomic E-state index is -0.414. The zero-order chi connectivity index (χ0) is 27.1. The molecule has 1 spiro atoms. The van der Waals surface area contributed by atoms with Crippen LogP contribution in [-0.2, 0) is 4.79 Å². The number of amides is 1. The van der Waals surface area contributed by atoms with Gasteiger partial charge in [0.05, 0.1) is 23.9 Å². The number of rotatable bonds is 6. The molecule has 2 saturated heterocycles. The summed E-state index contributed by atoms with van der Waals surface area (Å²) in [7, 11) is 0. The summed E-state index contributed by atoms with van der Waals surface area (Å²) in [6.07, 6.45) is 6.53. The van der Waals surface area contributed by atoms with E-state index in [-0.39, 0.29) is 17.4 Å². The minimum Gasteiger partial charge on any atom is -0.341 e. The lowest BCUT2D eigenvalue weighted by molar-refractivity contribution is -0.138. The molecule has 0 bridgehead atoms. The van der Waals surface area contributed by atoms with Crippen molar-refractivity contribution in [2.75, 3.05) is 29.9 Å². The van der Waals surface area contributed by atoms with Gasteiger partial charge >= 0.3 is 0 Å². The maximum absolute atomic E-state index is 13.7. The first kappa shape index (κ1) is 25.0. The van der Waals surface area contributed by atoms with Gasteiger partial charge in [-0.25, -0.2) is 19.0 Å². The average molecular weight is 531 g/mol. The molecule has 2 N–H and O–H groups in total. The molecular weight excluding hydrogens is 499 g/mol. The third-order valence-corrected chi connectivity index (χ3v) is 7.86. The normalized spacial score (nSPS) is 17.7. The van der Waals surface area contributed by atoms with Crippen LogP contribution >= 0.6 is 0 Å². The van der Waals surface area contributed by atoms with E-state index in [2.05, 4.69) is 35.5 Å². The highest BCUT2D eigenvalue weighted by Gasteiger charge is 2.49. The number of anilines is 3. The largest absolute Gasteiger partial charge is 0.341 e. The van der Waals surface area contributed by atoms with Gasteiger partial charge in [-0.15, -0.1) is 0 Å². The Morgan fingerprint density at radius 1 is 1.05 bits per heavy atom. The van der Waals surface area contributed by atoms with Gasteiger partial charge in [0, 0.05) is 49.4 Å². The fourth-order valence-electron chi connectivity index (χ4n) is 5.57. The molecule has 39 heavy (non-hydrogen) atoms. The molecule has 4 aromatic heterocycles. The molecule has 12 heteroatoms. The van der Waals surface area contributed by atoms with Crippen LogP contribution in [0.15, 0.2) is 42.9 Å². The van der Waals surface area contributed by atoms with Gasteiger partial charge in [-0.2, -0.15) is 15.2 Å². The maximum atomic E-state index is 13.7. The van der Waals surface area contributed by atoms with Crippen molar-refractivity contribution < 1.29 is 9.18 Å². The van der Waals surface area contributed by atoms with E-state index in [0.717, 1.165) is 55.5 Å². The van der Waals surface area contributed by atoms with Crippen LogP contribution in [0.25, 0.3) is 5.82 Å². The Morgan fingerprint density at radius 3 is 2.51 bits per heavy atom. The highest BCUT2D eigenvalue weighted by molar-refractivity contribution is 5.85. The first-order chi connectivity index (χ1) is 18.8. The molecule has 1 atom stereocenters. The minimum absolute atomic E-state index is 0.106. The van der Waals surface area contributed by atoms with Crippen molar-refractivity contribution >= 4 is 23.5 Å². The summed E-state index contributed by atoms with van der Waals surface area (Å²) in [5.41, 5.74) is 2.41. The van der Waals surface area contributed by atoms with E-state index in [4.69, 9.17) is 4.98 Å². The van der Waals surface area contributed by atoms with E-state index in [9.17, 15) is 9.18 Å². The Hall–Kier alpha value is -4.35. The van der Waals surface area contributed by atoms with Crippen molar-refractivity contribution in [2.45, 2.75) is 46.1 Å². The molecule has 6 heterocycles. The van der Waals surface area contributed by atoms with Gasteiger partial charge in [-0.05, 0) is 51.7 Å². The number of nitrogens with one attached hydrogen (secondary N) is 2. The predicted molar refractivity (Wildman–Crippen MR) is 143 cm³/mol. The monoisotopic (exact) mass is 530 g/mol. The molecule has 0 aromatic carbocycles. The number of halogens is 1. The lowest BCUT2D eigenvalue weighted by Crippen LogP contribution is -2.45. The van der Waals surface area contributed by atoms with Crippen LogP contribution in [0.1, 0.15) is 49.2 Å². The van der Waals surface area contributed by atoms with Gasteiger partial charge in [0.1, 0.15) is 5.82 Å². The summed E-state index contributed by atoms with van der Waals surface area (Å²) in [5, 5.41) is 14.4. The summed E-state index contributed by atoms with van der Waals surface area (Å²) in [6.45, 7) is 8.08. The molecule has 2 fully saturated rings. The zero-order valence-electron chi connectivity index (χ0n) is 22.2. The SMILES string of the molecule is Cc1cc(Nc2cc(C)[nH]n2)nc(N2CCC3(CC2)CCN([C@H](C)c2ccc(-n4cc(F)cn4)nc2)C3=O)n1. The summed E-state index contributed by atoms with van der Waals surface area (Å²) < 4.78 is 14.7. The Balaban J connectivity index is 1.11. The number of likely N-dealkylation sites (tertiary alicyclic amines) is 1. The smallest absolute Gasteiger partial charge is 0.229 e. The van der Waals surface area contributed by atoms with E-state index in [0.29, 0.717) is 29.9 Å². The molecule has 6 rings (SSSR count). The number of aromatic nitrogens is 7. The summed E-state index contributed by atoms with van der Waals surface area (Å²) in [5.74, 6) is 2.39. The highest BCUT2D eigenvalue weighted by Crippen LogP contribution is 2.44. The molecule has 0 unspecified atom stereocenters. The molecule has 2 aliphatic heterocycles. The molecular formula is C27H31FN10O. The quantitative estimate of drug-likeness (QED) is 0.386. The molecule has 4 aromatic rings. The molecule has 1 amide bonds. The fraction of sp³-hybridized carbons (Fsp3) is 0.407. The van der Waals surface area contributed by atoms with Gasteiger partial charge in [-0.1, -0.05) is 6.07 Å². The lowest BCUT2D eigenvalue weighted by Gasteiger charge is -2.38. The van der Waals surface area contributed by atoms with Crippen molar-refractivity contribution in [2.24, 2.45) is 5.41 Å². The van der Waals surface area contributed by atoms with Crippen LogP contribution < -0.4 is 10.2 Å². The van der Waals surface area contributed by atoms with E-state index >= 15 is 0 Å². The van der Waals surface area contributed by atoms with Gasteiger partial charge in [0.25, 0.3) is 0 Å². The maximum Gasteiger partial charge on any atom is 0.229 e. The van der Waals surface area contributed by atoms with Gasteiger partial charge in [0.2, 0.25) is 11.9 Å². The molecule has 0 radical (unpaired) electrons. The number of carbonyl (C=O) groups is 1. The third kappa shape index (κ3) is 4.82. The number of carbonyl (C=O) groups excluding carboxylic acids is 1. The first-order valence-electron chi connectivity index (χ1n) is 13.2. The van der Waals surface area contributed by atoms with Crippen LogP contribution in [0.2, 0.25) is 0 Å². The van der Waals surface area contributed by atoms with Gasteiger partial charge in [-0.3, -0.25) is 9.89 Å². The van der Waals surface area contributed by atoms with Crippen LogP contribution in [-0.4, -0.2) is 65.4 Å². The number of H-pyrrole nitrogens is 1. The first-order valence-corrected chi connectivity index (χ1v) is 13.2. The van der Waals surface area contributed by atoms with Crippen LogP contribution in [0, 0.1) is 25.1 Å². The Kier molecular flexibility index (Phi) is 6.24. The fourth-order valence-corrected chi connectivity index (χ4v) is 5.57. The van der Waals surface area contributed by atoms with Crippen molar-refractivity contribution in [1.82, 2.24) is 39.8 Å². The Bertz CT molecular complexity index is 1490. The number of aromatic amines is 1. The number of pyridine rings is 1. The van der Waals surface area contributed by atoms with Crippen molar-refractivity contribution in [3.8, 4) is 5.82 Å². The molecule has 11 nitrogen and oxygen atoms in total. The lowest BCUT2D eigenvalue weighted by atomic mass is 9.77. The van der Waals surface area contributed by atoms with Gasteiger partial charge in [0.15, 0.2) is 17.5 Å². The molecule has 0 saturated carbocycles. The summed E-state index contributed by atoms with van der Waals surface area (Å²) >= 11 is 0. The second-order valence-corrected chi connectivity index (χ2v) is 10.5. The molecule has 2 aliphatic rings.